The van der Waals surface area contributed by atoms with Gasteiger partial charge >= 0.3 is 0 Å². The van der Waals surface area contributed by atoms with Gasteiger partial charge in [-0.2, -0.15) is 0 Å². The van der Waals surface area contributed by atoms with Crippen LogP contribution in [0.5, 0.6) is 5.75 Å². The fourth-order valence-electron chi connectivity index (χ4n) is 5.63. The number of nitrogens with one attached hydrogen (secondary N) is 2. The number of phenolic OH excluding ortho intramolecular Hbond substituents is 1. The molecule has 13 heteroatoms. The Morgan fingerprint density at radius 3 is 2.56 bits per heavy atom. The van der Waals surface area contributed by atoms with E-state index >= 15 is 0 Å². The number of nitrogens with zero attached hydrogens (tertiary/aromatic N) is 5. The van der Waals surface area contributed by atoms with Gasteiger partial charge in [0.1, 0.15) is 11.8 Å². The Balaban J connectivity index is 1.07. The molecule has 2 saturated heterocycles. The standard InChI is InChI=1S/C30H30N8O5/c31-28-24(16-22(34-35-28)19-4-1-2-7-25(19)39)37-14-12-36(13-15-37)11-10-27(41)32-21-6-3-5-18-20(21)17-38(30(18)43)23-8-9-26(40)33-29(23)42/h1-7,10-11,16,23,39H,8-9,12-15,17H2,(H2,31,35)(H,32,41)(H,33,40,42)/b11-10+. The summed E-state index contributed by atoms with van der Waals surface area (Å²) in [7, 11) is 0. The quantitative estimate of drug-likeness (QED) is 0.246. The van der Waals surface area contributed by atoms with Crippen LogP contribution < -0.4 is 21.3 Å². The number of para-hydroxylation sites is 1. The predicted molar refractivity (Wildman–Crippen MR) is 158 cm³/mol. The molecule has 1 unspecified atom stereocenters. The number of nitrogens with two attached hydrogens (primary N) is 1. The van der Waals surface area contributed by atoms with Crippen LogP contribution in [0.2, 0.25) is 0 Å². The molecule has 2 fully saturated rings. The molecule has 0 bridgehead atoms. The van der Waals surface area contributed by atoms with E-state index in [2.05, 4.69) is 25.7 Å². The largest absolute Gasteiger partial charge is 0.507 e. The number of aromatic hydroxyl groups is 1. The van der Waals surface area contributed by atoms with Crippen LogP contribution in [0.25, 0.3) is 11.3 Å². The van der Waals surface area contributed by atoms with Crippen molar-refractivity contribution in [2.75, 3.05) is 42.1 Å². The zero-order valence-corrected chi connectivity index (χ0v) is 23.2. The van der Waals surface area contributed by atoms with Gasteiger partial charge in [-0.25, -0.2) is 0 Å². The second-order valence-electron chi connectivity index (χ2n) is 10.6. The maximum absolute atomic E-state index is 13.0. The van der Waals surface area contributed by atoms with E-state index in [0.717, 1.165) is 5.69 Å². The molecule has 3 aliphatic rings. The van der Waals surface area contributed by atoms with Crippen molar-refractivity contribution < 1.29 is 24.3 Å². The van der Waals surface area contributed by atoms with Crippen LogP contribution in [0, 0.1) is 0 Å². The normalized spacial score (nSPS) is 18.7. The molecule has 4 amide bonds. The first-order chi connectivity index (χ1) is 20.8. The molecule has 43 heavy (non-hydrogen) atoms. The van der Waals surface area contributed by atoms with Crippen LogP contribution in [0.15, 0.2) is 60.8 Å². The average molecular weight is 583 g/mol. The van der Waals surface area contributed by atoms with Crippen LogP contribution in [0.3, 0.4) is 0 Å². The first-order valence-corrected chi connectivity index (χ1v) is 13.9. The predicted octanol–water partition coefficient (Wildman–Crippen LogP) is 1.47. The lowest BCUT2D eigenvalue weighted by Crippen LogP contribution is -2.52. The third-order valence-electron chi connectivity index (χ3n) is 7.91. The zero-order valence-electron chi connectivity index (χ0n) is 23.2. The van der Waals surface area contributed by atoms with Crippen molar-refractivity contribution in [1.82, 2.24) is 25.3 Å². The van der Waals surface area contributed by atoms with Crippen LogP contribution >= 0.6 is 0 Å². The van der Waals surface area contributed by atoms with Gasteiger partial charge in [-0.3, -0.25) is 24.5 Å². The molecule has 220 valence electrons. The van der Waals surface area contributed by atoms with Crippen molar-refractivity contribution in [3.05, 3.63) is 71.9 Å². The summed E-state index contributed by atoms with van der Waals surface area (Å²) in [6.07, 6.45) is 3.62. The first kappa shape index (κ1) is 27.7. The summed E-state index contributed by atoms with van der Waals surface area (Å²) in [5.74, 6) is -1.07. The average Bonchev–Trinajstić information content (AvgIpc) is 3.34. The number of hydrogen-bond donors (Lipinski definition) is 4. The molecule has 0 saturated carbocycles. The van der Waals surface area contributed by atoms with Crippen LogP contribution in [-0.2, 0) is 20.9 Å². The van der Waals surface area contributed by atoms with Crippen molar-refractivity contribution >= 4 is 40.8 Å². The Labute approximate surface area is 247 Å². The Bertz CT molecular complexity index is 1650. The number of amides is 4. The molecule has 3 aliphatic heterocycles. The minimum absolute atomic E-state index is 0.111. The van der Waals surface area contributed by atoms with E-state index < -0.39 is 11.9 Å². The van der Waals surface area contributed by atoms with E-state index in [9.17, 15) is 24.3 Å². The Hall–Kier alpha value is -5.46. The van der Waals surface area contributed by atoms with Crippen LogP contribution in [0.1, 0.15) is 28.8 Å². The van der Waals surface area contributed by atoms with Gasteiger partial charge in [0, 0.05) is 73.8 Å². The summed E-state index contributed by atoms with van der Waals surface area (Å²) < 4.78 is 0. The fraction of sp³-hybridized carbons (Fsp3) is 0.267. The molecule has 0 radical (unpaired) electrons. The van der Waals surface area contributed by atoms with Gasteiger partial charge < -0.3 is 30.9 Å². The topological polar surface area (TPSA) is 174 Å². The molecule has 2 aromatic carbocycles. The van der Waals surface area contributed by atoms with Gasteiger partial charge in [0.25, 0.3) is 5.91 Å². The number of rotatable bonds is 6. The number of aromatic nitrogens is 2. The highest BCUT2D eigenvalue weighted by Gasteiger charge is 2.40. The van der Waals surface area contributed by atoms with E-state index in [-0.39, 0.29) is 42.9 Å². The molecule has 6 rings (SSSR count). The zero-order chi connectivity index (χ0) is 30.1. The second kappa shape index (κ2) is 11.4. The summed E-state index contributed by atoms with van der Waals surface area (Å²) in [6.45, 7) is 2.70. The summed E-state index contributed by atoms with van der Waals surface area (Å²) in [4.78, 5) is 55.4. The molecular weight excluding hydrogens is 552 g/mol. The minimum atomic E-state index is -0.727. The number of imide groups is 1. The molecular formula is C30H30N8O5. The molecule has 0 aliphatic carbocycles. The van der Waals surface area contributed by atoms with Gasteiger partial charge in [-0.1, -0.05) is 18.2 Å². The molecule has 4 heterocycles. The van der Waals surface area contributed by atoms with Crippen molar-refractivity contribution in [1.29, 1.82) is 0 Å². The van der Waals surface area contributed by atoms with Gasteiger partial charge in [0.15, 0.2) is 5.82 Å². The number of carbonyl (C=O) groups excluding carboxylic acids is 4. The van der Waals surface area contributed by atoms with Crippen molar-refractivity contribution in [3.8, 4) is 17.0 Å². The lowest BCUT2D eigenvalue weighted by atomic mass is 10.0. The number of carbonyl (C=O) groups is 4. The van der Waals surface area contributed by atoms with Crippen LogP contribution in [0.4, 0.5) is 17.2 Å². The van der Waals surface area contributed by atoms with Gasteiger partial charge in [-0.05, 0) is 36.8 Å². The van der Waals surface area contributed by atoms with Crippen LogP contribution in [-0.4, -0.2) is 81.0 Å². The maximum Gasteiger partial charge on any atom is 0.255 e. The maximum atomic E-state index is 13.0. The number of phenols is 1. The van der Waals surface area contributed by atoms with E-state index in [4.69, 9.17) is 5.73 Å². The third kappa shape index (κ3) is 5.56. The summed E-state index contributed by atoms with van der Waals surface area (Å²) in [6, 6.07) is 13.1. The SMILES string of the molecule is Nc1nnc(-c2ccccc2O)cc1N1CCN(/C=C/C(=O)Nc2cccc3c2CN(C2CCC(=O)NC2=O)C3=O)CC1. The Morgan fingerprint density at radius 2 is 1.79 bits per heavy atom. The fourth-order valence-corrected chi connectivity index (χ4v) is 5.63. The van der Waals surface area contributed by atoms with E-state index in [1.165, 1.54) is 11.0 Å². The van der Waals surface area contributed by atoms with E-state index in [1.54, 1.807) is 42.6 Å². The van der Waals surface area contributed by atoms with Gasteiger partial charge in [0.2, 0.25) is 17.7 Å². The molecule has 1 aromatic heterocycles. The molecule has 0 spiro atoms. The summed E-state index contributed by atoms with van der Waals surface area (Å²) in [5.41, 5.74) is 9.53. The number of piperazine rings is 1. The molecule has 3 aromatic rings. The highest BCUT2D eigenvalue weighted by atomic mass is 16.3. The molecule has 13 nitrogen and oxygen atoms in total. The summed E-state index contributed by atoms with van der Waals surface area (Å²) in [5, 5.41) is 23.6. The van der Waals surface area contributed by atoms with Crippen molar-refractivity contribution in [2.45, 2.75) is 25.4 Å². The smallest absolute Gasteiger partial charge is 0.255 e. The lowest BCUT2D eigenvalue weighted by Gasteiger charge is -2.35. The van der Waals surface area contributed by atoms with Gasteiger partial charge in [0.05, 0.1) is 11.4 Å². The Kier molecular flexibility index (Phi) is 7.36. The number of anilines is 3. The first-order valence-electron chi connectivity index (χ1n) is 13.9. The highest BCUT2D eigenvalue weighted by Crippen LogP contribution is 2.33. The van der Waals surface area contributed by atoms with Crippen molar-refractivity contribution in [3.63, 3.8) is 0 Å². The number of piperidine rings is 1. The Morgan fingerprint density at radius 1 is 1.02 bits per heavy atom. The number of benzene rings is 2. The number of fused-ring (bicyclic) bond motifs is 1. The van der Waals surface area contributed by atoms with E-state index in [1.807, 2.05) is 17.0 Å². The minimum Gasteiger partial charge on any atom is -0.507 e. The number of nitrogen functional groups attached to an aromatic ring is 1. The lowest BCUT2D eigenvalue weighted by molar-refractivity contribution is -0.137. The molecule has 5 N–H and O–H groups in total. The monoisotopic (exact) mass is 582 g/mol. The third-order valence-corrected chi connectivity index (χ3v) is 7.91. The second-order valence-corrected chi connectivity index (χ2v) is 10.6. The summed E-state index contributed by atoms with van der Waals surface area (Å²) >= 11 is 0. The molecule has 1 atom stereocenters. The van der Waals surface area contributed by atoms with Gasteiger partial charge in [-0.15, -0.1) is 10.2 Å². The highest BCUT2D eigenvalue weighted by molar-refractivity contribution is 6.07. The van der Waals surface area contributed by atoms with Crippen molar-refractivity contribution in [2.24, 2.45) is 0 Å². The number of hydrogen-bond acceptors (Lipinski definition) is 10. The van der Waals surface area contributed by atoms with E-state index in [0.29, 0.717) is 60.1 Å².